The summed E-state index contributed by atoms with van der Waals surface area (Å²) in [5.41, 5.74) is 0.832. The Balaban J connectivity index is 2.39. The molecule has 19 heavy (non-hydrogen) atoms. The van der Waals surface area contributed by atoms with Gasteiger partial charge in [-0.1, -0.05) is 36.4 Å². The van der Waals surface area contributed by atoms with Crippen LogP contribution in [0.2, 0.25) is 0 Å². The molecule has 0 aliphatic heterocycles. The maximum absolute atomic E-state index is 11.4. The van der Waals surface area contributed by atoms with Gasteiger partial charge in [0.05, 0.1) is 13.5 Å². The number of benzene rings is 1. The standard InChI is InChI=1S/C14H15NO4/c1-19-13(17)9-10-15-14(18)12(16)8-7-11-5-3-2-4-6-11/h2-8H,9-10H2,1H3,(H,15,18). The number of carbonyl (C=O) groups is 3. The van der Waals surface area contributed by atoms with Gasteiger partial charge in [0.15, 0.2) is 0 Å². The molecule has 5 nitrogen and oxygen atoms in total. The predicted octanol–water partition coefficient (Wildman–Crippen LogP) is 0.948. The van der Waals surface area contributed by atoms with Crippen molar-refractivity contribution in [2.75, 3.05) is 13.7 Å². The molecule has 1 aromatic carbocycles. The lowest BCUT2D eigenvalue weighted by Gasteiger charge is -2.01. The molecule has 1 N–H and O–H groups in total. The summed E-state index contributed by atoms with van der Waals surface area (Å²) in [4.78, 5) is 33.6. The maximum Gasteiger partial charge on any atom is 0.307 e. The first kappa shape index (κ1) is 14.6. The van der Waals surface area contributed by atoms with Crippen LogP contribution in [0.25, 0.3) is 6.08 Å². The van der Waals surface area contributed by atoms with Crippen molar-refractivity contribution >= 4 is 23.7 Å². The monoisotopic (exact) mass is 261 g/mol. The second kappa shape index (κ2) is 7.81. The molecule has 1 amide bonds. The first-order chi connectivity index (χ1) is 9.13. The zero-order valence-corrected chi connectivity index (χ0v) is 10.6. The van der Waals surface area contributed by atoms with E-state index in [9.17, 15) is 14.4 Å². The average Bonchev–Trinajstić information content (AvgIpc) is 2.45. The van der Waals surface area contributed by atoms with Gasteiger partial charge in [-0.2, -0.15) is 0 Å². The van der Waals surface area contributed by atoms with Gasteiger partial charge in [-0.25, -0.2) is 0 Å². The molecule has 0 aromatic heterocycles. The first-order valence-electron chi connectivity index (χ1n) is 5.75. The Morgan fingerprint density at radius 2 is 1.89 bits per heavy atom. The Hall–Kier alpha value is -2.43. The van der Waals surface area contributed by atoms with Crippen LogP contribution in [0.4, 0.5) is 0 Å². The summed E-state index contributed by atoms with van der Waals surface area (Å²) in [6.07, 6.45) is 2.79. The summed E-state index contributed by atoms with van der Waals surface area (Å²) >= 11 is 0. The van der Waals surface area contributed by atoms with Gasteiger partial charge >= 0.3 is 5.97 Å². The van der Waals surface area contributed by atoms with Crippen LogP contribution in [0.3, 0.4) is 0 Å². The number of rotatable bonds is 6. The fourth-order valence-electron chi connectivity index (χ4n) is 1.28. The van der Waals surface area contributed by atoms with Gasteiger partial charge in [0, 0.05) is 6.54 Å². The summed E-state index contributed by atoms with van der Waals surface area (Å²) in [5.74, 6) is -1.84. The molecule has 0 heterocycles. The molecular weight excluding hydrogens is 246 g/mol. The quantitative estimate of drug-likeness (QED) is 0.470. The fourth-order valence-corrected chi connectivity index (χ4v) is 1.28. The number of ketones is 1. The van der Waals surface area contributed by atoms with Gasteiger partial charge in [-0.15, -0.1) is 0 Å². The Morgan fingerprint density at radius 3 is 2.53 bits per heavy atom. The van der Waals surface area contributed by atoms with Crippen LogP contribution in [0.5, 0.6) is 0 Å². The number of methoxy groups -OCH3 is 1. The average molecular weight is 261 g/mol. The smallest absolute Gasteiger partial charge is 0.307 e. The van der Waals surface area contributed by atoms with E-state index in [0.717, 1.165) is 5.56 Å². The normalized spacial score (nSPS) is 10.2. The molecule has 0 saturated carbocycles. The van der Waals surface area contributed by atoms with Gasteiger partial charge < -0.3 is 10.1 Å². The van der Waals surface area contributed by atoms with Crippen LogP contribution < -0.4 is 5.32 Å². The Morgan fingerprint density at radius 1 is 1.21 bits per heavy atom. The molecule has 100 valence electrons. The van der Waals surface area contributed by atoms with E-state index in [-0.39, 0.29) is 13.0 Å². The van der Waals surface area contributed by atoms with E-state index in [4.69, 9.17) is 0 Å². The summed E-state index contributed by atoms with van der Waals surface area (Å²) < 4.78 is 4.41. The van der Waals surface area contributed by atoms with Crippen molar-refractivity contribution in [3.63, 3.8) is 0 Å². The second-order valence-electron chi connectivity index (χ2n) is 3.69. The van der Waals surface area contributed by atoms with Crippen LogP contribution in [0.1, 0.15) is 12.0 Å². The van der Waals surface area contributed by atoms with E-state index >= 15 is 0 Å². The molecule has 0 spiro atoms. The van der Waals surface area contributed by atoms with Gasteiger partial charge in [0.25, 0.3) is 5.91 Å². The van der Waals surface area contributed by atoms with E-state index < -0.39 is 17.7 Å². The van der Waals surface area contributed by atoms with Crippen LogP contribution in [-0.4, -0.2) is 31.3 Å². The lowest BCUT2D eigenvalue weighted by Crippen LogP contribution is -2.31. The minimum atomic E-state index is -0.740. The van der Waals surface area contributed by atoms with E-state index in [2.05, 4.69) is 10.1 Å². The third-order valence-electron chi connectivity index (χ3n) is 2.29. The molecule has 0 fully saturated rings. The van der Waals surface area contributed by atoms with Gasteiger partial charge in [0.2, 0.25) is 5.78 Å². The van der Waals surface area contributed by atoms with Gasteiger partial charge in [-0.05, 0) is 11.6 Å². The number of esters is 1. The molecule has 0 bridgehead atoms. The predicted molar refractivity (Wildman–Crippen MR) is 70.1 cm³/mol. The number of carbonyl (C=O) groups excluding carboxylic acids is 3. The number of nitrogens with one attached hydrogen (secondary N) is 1. The van der Waals surface area contributed by atoms with Crippen molar-refractivity contribution in [1.29, 1.82) is 0 Å². The van der Waals surface area contributed by atoms with Crippen molar-refractivity contribution in [1.82, 2.24) is 5.32 Å². The van der Waals surface area contributed by atoms with Crippen LogP contribution in [0.15, 0.2) is 36.4 Å². The second-order valence-corrected chi connectivity index (χ2v) is 3.69. The van der Waals surface area contributed by atoms with Crippen LogP contribution in [-0.2, 0) is 19.1 Å². The van der Waals surface area contributed by atoms with Crippen molar-refractivity contribution in [2.45, 2.75) is 6.42 Å². The highest BCUT2D eigenvalue weighted by atomic mass is 16.5. The molecule has 0 saturated heterocycles. The highest BCUT2D eigenvalue weighted by Gasteiger charge is 2.10. The maximum atomic E-state index is 11.4. The van der Waals surface area contributed by atoms with Crippen molar-refractivity contribution in [3.8, 4) is 0 Å². The molecule has 0 atom stereocenters. The van der Waals surface area contributed by atoms with Crippen LogP contribution in [0, 0.1) is 0 Å². The number of ether oxygens (including phenoxy) is 1. The summed E-state index contributed by atoms with van der Waals surface area (Å²) in [7, 11) is 1.26. The lowest BCUT2D eigenvalue weighted by atomic mass is 10.2. The minimum absolute atomic E-state index is 0.0396. The van der Waals surface area contributed by atoms with Crippen molar-refractivity contribution in [3.05, 3.63) is 42.0 Å². The largest absolute Gasteiger partial charge is 0.469 e. The minimum Gasteiger partial charge on any atom is -0.469 e. The van der Waals surface area contributed by atoms with E-state index in [1.807, 2.05) is 30.3 Å². The molecule has 0 aliphatic carbocycles. The van der Waals surface area contributed by atoms with E-state index in [1.54, 1.807) is 6.08 Å². The summed E-state index contributed by atoms with van der Waals surface area (Å²) in [5, 5.41) is 2.34. The molecule has 1 rings (SSSR count). The highest BCUT2D eigenvalue weighted by molar-refractivity contribution is 6.41. The third kappa shape index (κ3) is 5.63. The van der Waals surface area contributed by atoms with Crippen molar-refractivity contribution < 1.29 is 19.1 Å². The Kier molecular flexibility index (Phi) is 6.02. The van der Waals surface area contributed by atoms with E-state index in [1.165, 1.54) is 13.2 Å². The Labute approximate surface area is 111 Å². The van der Waals surface area contributed by atoms with E-state index in [0.29, 0.717) is 0 Å². The molecule has 0 unspecified atom stereocenters. The van der Waals surface area contributed by atoms with Crippen LogP contribution >= 0.6 is 0 Å². The zero-order valence-electron chi connectivity index (χ0n) is 10.6. The summed E-state index contributed by atoms with van der Waals surface area (Å²) in [6, 6.07) is 9.16. The lowest BCUT2D eigenvalue weighted by molar-refractivity contribution is -0.141. The SMILES string of the molecule is COC(=O)CCNC(=O)C(=O)C=Cc1ccccc1. The molecule has 0 radical (unpaired) electrons. The number of hydrogen-bond donors (Lipinski definition) is 1. The number of hydrogen-bond acceptors (Lipinski definition) is 4. The highest BCUT2D eigenvalue weighted by Crippen LogP contribution is 2.00. The summed E-state index contributed by atoms with van der Waals surface area (Å²) in [6.45, 7) is 0.0798. The van der Waals surface area contributed by atoms with Crippen molar-refractivity contribution in [2.24, 2.45) is 0 Å². The number of amides is 1. The first-order valence-corrected chi connectivity index (χ1v) is 5.75. The van der Waals surface area contributed by atoms with Gasteiger partial charge in [0.1, 0.15) is 0 Å². The van der Waals surface area contributed by atoms with Gasteiger partial charge in [-0.3, -0.25) is 14.4 Å². The Bertz CT molecular complexity index is 479. The topological polar surface area (TPSA) is 72.5 Å². The molecule has 1 aromatic rings. The third-order valence-corrected chi connectivity index (χ3v) is 2.29. The zero-order chi connectivity index (χ0) is 14.1. The fraction of sp³-hybridized carbons (Fsp3) is 0.214. The molecule has 0 aliphatic rings. The molecule has 5 heteroatoms. The molecular formula is C14H15NO4.